The second-order valence-corrected chi connectivity index (χ2v) is 5.66. The molecule has 0 bridgehead atoms. The molecule has 0 atom stereocenters. The summed E-state index contributed by atoms with van der Waals surface area (Å²) in [4.78, 5) is 27.5. The molecule has 3 amide bonds. The summed E-state index contributed by atoms with van der Waals surface area (Å²) in [6, 6.07) is 7.29. The Hall–Kier alpha value is -2.24. The van der Waals surface area contributed by atoms with E-state index < -0.39 is 0 Å². The van der Waals surface area contributed by atoms with Gasteiger partial charge in [-0.15, -0.1) is 0 Å². The van der Waals surface area contributed by atoms with Crippen LogP contribution in [0.25, 0.3) is 0 Å². The van der Waals surface area contributed by atoms with Crippen molar-refractivity contribution in [1.29, 1.82) is 0 Å². The summed E-state index contributed by atoms with van der Waals surface area (Å²) < 4.78 is 0. The van der Waals surface area contributed by atoms with E-state index in [9.17, 15) is 9.59 Å². The number of likely N-dealkylation sites (tertiary alicyclic amines) is 1. The van der Waals surface area contributed by atoms with Crippen LogP contribution in [0.15, 0.2) is 24.3 Å². The third-order valence-corrected chi connectivity index (χ3v) is 3.72. The zero-order valence-corrected chi connectivity index (χ0v) is 13.3. The number of carbonyl (C=O) groups excluding carboxylic acids is 2. The molecular weight excluding hydrogens is 280 g/mol. The van der Waals surface area contributed by atoms with E-state index in [2.05, 4.69) is 10.6 Å². The Bertz CT molecular complexity index is 507. The number of nitrogens with one attached hydrogen (secondary N) is 2. The largest absolute Gasteiger partial charge is 0.378 e. The molecule has 1 aromatic rings. The van der Waals surface area contributed by atoms with Crippen molar-refractivity contribution in [3.05, 3.63) is 24.3 Å². The van der Waals surface area contributed by atoms with Gasteiger partial charge in [0.05, 0.1) is 0 Å². The van der Waals surface area contributed by atoms with E-state index in [1.165, 1.54) is 0 Å². The zero-order chi connectivity index (χ0) is 15.9. The molecule has 6 heteroatoms. The van der Waals surface area contributed by atoms with E-state index in [4.69, 9.17) is 0 Å². The number of benzene rings is 1. The van der Waals surface area contributed by atoms with Crippen LogP contribution >= 0.6 is 0 Å². The van der Waals surface area contributed by atoms with Crippen LogP contribution in [0.2, 0.25) is 0 Å². The Morgan fingerprint density at radius 3 is 2.36 bits per heavy atom. The van der Waals surface area contributed by atoms with Gasteiger partial charge < -0.3 is 20.4 Å². The first-order chi connectivity index (χ1) is 10.6. The molecule has 0 saturated carbocycles. The summed E-state index contributed by atoms with van der Waals surface area (Å²) >= 11 is 0. The molecule has 0 unspecified atom stereocenters. The van der Waals surface area contributed by atoms with Crippen LogP contribution in [0.3, 0.4) is 0 Å². The number of hydrogen-bond acceptors (Lipinski definition) is 3. The number of rotatable bonds is 5. The maximum atomic E-state index is 11.8. The molecule has 120 valence electrons. The minimum Gasteiger partial charge on any atom is -0.378 e. The van der Waals surface area contributed by atoms with Gasteiger partial charge in [-0.25, -0.2) is 4.79 Å². The van der Waals surface area contributed by atoms with E-state index in [0.717, 1.165) is 37.3 Å². The minimum absolute atomic E-state index is 0.119. The molecule has 1 heterocycles. The minimum atomic E-state index is -0.285. The molecule has 1 aromatic carbocycles. The fourth-order valence-corrected chi connectivity index (χ4v) is 2.43. The van der Waals surface area contributed by atoms with Gasteiger partial charge in [0.1, 0.15) is 0 Å². The normalized spacial score (nSPS) is 13.8. The van der Waals surface area contributed by atoms with Crippen molar-refractivity contribution < 1.29 is 9.59 Å². The maximum absolute atomic E-state index is 11.8. The lowest BCUT2D eigenvalue weighted by Crippen LogP contribution is -2.34. The number of anilines is 2. The molecule has 0 aliphatic carbocycles. The van der Waals surface area contributed by atoms with Crippen LogP contribution in [0.4, 0.5) is 16.2 Å². The lowest BCUT2D eigenvalue weighted by atomic mass is 10.2. The summed E-state index contributed by atoms with van der Waals surface area (Å²) in [6.07, 6.45) is 2.53. The van der Waals surface area contributed by atoms with Gasteiger partial charge in [0.15, 0.2) is 0 Å². The quantitative estimate of drug-likeness (QED) is 0.873. The van der Waals surface area contributed by atoms with E-state index in [1.54, 1.807) is 0 Å². The first-order valence-electron chi connectivity index (χ1n) is 7.66. The SMILES string of the molecule is CN(C)c1ccc(NC(=O)NCCC(=O)N2CCCC2)cc1. The van der Waals surface area contributed by atoms with Crippen molar-refractivity contribution in [3.8, 4) is 0 Å². The fraction of sp³-hybridized carbons (Fsp3) is 0.500. The zero-order valence-electron chi connectivity index (χ0n) is 13.3. The first kappa shape index (κ1) is 16.1. The highest BCUT2D eigenvalue weighted by molar-refractivity contribution is 5.89. The average molecular weight is 304 g/mol. The predicted molar refractivity (Wildman–Crippen MR) is 88.2 cm³/mol. The van der Waals surface area contributed by atoms with Crippen LogP contribution in [0, 0.1) is 0 Å². The van der Waals surface area contributed by atoms with Crippen molar-refractivity contribution in [1.82, 2.24) is 10.2 Å². The highest BCUT2D eigenvalue weighted by Crippen LogP contribution is 2.15. The maximum Gasteiger partial charge on any atom is 0.319 e. The summed E-state index contributed by atoms with van der Waals surface area (Å²) in [6.45, 7) is 2.06. The van der Waals surface area contributed by atoms with Crippen LogP contribution < -0.4 is 15.5 Å². The number of amides is 3. The Morgan fingerprint density at radius 2 is 1.77 bits per heavy atom. The van der Waals surface area contributed by atoms with E-state index >= 15 is 0 Å². The molecule has 2 N–H and O–H groups in total. The topological polar surface area (TPSA) is 64.7 Å². The van der Waals surface area contributed by atoms with Gasteiger partial charge in [-0.3, -0.25) is 4.79 Å². The standard InChI is InChI=1S/C16H24N4O2/c1-19(2)14-7-5-13(6-8-14)18-16(22)17-10-9-15(21)20-11-3-4-12-20/h5-8H,3-4,9-12H2,1-2H3,(H2,17,18,22). The molecule has 22 heavy (non-hydrogen) atoms. The Balaban J connectivity index is 1.70. The molecule has 1 aliphatic rings. The highest BCUT2D eigenvalue weighted by Gasteiger charge is 2.17. The lowest BCUT2D eigenvalue weighted by Gasteiger charge is -2.15. The lowest BCUT2D eigenvalue weighted by molar-refractivity contribution is -0.129. The van der Waals surface area contributed by atoms with Gasteiger partial charge in [0.25, 0.3) is 0 Å². The Morgan fingerprint density at radius 1 is 1.14 bits per heavy atom. The van der Waals surface area contributed by atoms with Crippen molar-refractivity contribution in [3.63, 3.8) is 0 Å². The number of urea groups is 1. The molecule has 1 aliphatic heterocycles. The average Bonchev–Trinajstić information content (AvgIpc) is 3.02. The van der Waals surface area contributed by atoms with Gasteiger partial charge >= 0.3 is 6.03 Å². The molecule has 0 radical (unpaired) electrons. The molecule has 0 spiro atoms. The van der Waals surface area contributed by atoms with Gasteiger partial charge in [-0.1, -0.05) is 0 Å². The van der Waals surface area contributed by atoms with Gasteiger partial charge in [0, 0.05) is 51.5 Å². The second-order valence-electron chi connectivity index (χ2n) is 5.66. The Labute approximate surface area is 131 Å². The van der Waals surface area contributed by atoms with Crippen LogP contribution in [-0.2, 0) is 4.79 Å². The molecule has 0 aromatic heterocycles. The van der Waals surface area contributed by atoms with Gasteiger partial charge in [0.2, 0.25) is 5.91 Å². The number of carbonyl (C=O) groups is 2. The number of hydrogen-bond donors (Lipinski definition) is 2. The predicted octanol–water partition coefficient (Wildman–Crippen LogP) is 1.89. The van der Waals surface area contributed by atoms with Crippen molar-refractivity contribution in [2.45, 2.75) is 19.3 Å². The molecule has 6 nitrogen and oxygen atoms in total. The van der Waals surface area contributed by atoms with Gasteiger partial charge in [-0.2, -0.15) is 0 Å². The first-order valence-corrected chi connectivity index (χ1v) is 7.66. The smallest absolute Gasteiger partial charge is 0.319 e. The van der Waals surface area contributed by atoms with E-state index in [0.29, 0.717) is 13.0 Å². The molecule has 1 saturated heterocycles. The van der Waals surface area contributed by atoms with Crippen molar-refractivity contribution >= 4 is 23.3 Å². The number of nitrogens with zero attached hydrogens (tertiary/aromatic N) is 2. The third-order valence-electron chi connectivity index (χ3n) is 3.72. The summed E-state index contributed by atoms with van der Waals surface area (Å²) in [5, 5.41) is 5.47. The monoisotopic (exact) mass is 304 g/mol. The molecular formula is C16H24N4O2. The molecule has 1 fully saturated rings. The van der Waals surface area contributed by atoms with Crippen LogP contribution in [-0.4, -0.2) is 50.6 Å². The Kier molecular flexibility index (Phi) is 5.63. The van der Waals surface area contributed by atoms with Crippen LogP contribution in [0.5, 0.6) is 0 Å². The van der Waals surface area contributed by atoms with Crippen molar-refractivity contribution in [2.24, 2.45) is 0 Å². The summed E-state index contributed by atoms with van der Waals surface area (Å²) in [7, 11) is 3.93. The third kappa shape index (κ3) is 4.65. The fourth-order valence-electron chi connectivity index (χ4n) is 2.43. The van der Waals surface area contributed by atoms with Crippen molar-refractivity contribution in [2.75, 3.05) is 43.9 Å². The van der Waals surface area contributed by atoms with E-state index in [-0.39, 0.29) is 11.9 Å². The van der Waals surface area contributed by atoms with E-state index in [1.807, 2.05) is 48.2 Å². The second kappa shape index (κ2) is 7.68. The summed E-state index contributed by atoms with van der Waals surface area (Å²) in [5.74, 6) is 0.119. The van der Waals surface area contributed by atoms with Crippen LogP contribution in [0.1, 0.15) is 19.3 Å². The highest BCUT2D eigenvalue weighted by atomic mass is 16.2. The molecule has 2 rings (SSSR count). The summed E-state index contributed by atoms with van der Waals surface area (Å²) in [5.41, 5.74) is 1.80. The van der Waals surface area contributed by atoms with Gasteiger partial charge in [-0.05, 0) is 37.1 Å².